The van der Waals surface area contributed by atoms with Gasteiger partial charge in [0.15, 0.2) is 0 Å². The number of hydrogen-bond donors (Lipinski definition) is 1. The smallest absolute Gasteiger partial charge is 0.269 e. The molecule has 0 bridgehead atoms. The van der Waals surface area contributed by atoms with Crippen LogP contribution in [0.25, 0.3) is 5.69 Å². The van der Waals surface area contributed by atoms with Crippen molar-refractivity contribution >= 4 is 17.6 Å². The second-order valence-corrected chi connectivity index (χ2v) is 7.11. The highest BCUT2D eigenvalue weighted by Gasteiger charge is 2.09. The van der Waals surface area contributed by atoms with E-state index in [0.29, 0.717) is 5.69 Å². The number of aryl methyl sites for hydroxylation is 2. The molecule has 1 heterocycles. The van der Waals surface area contributed by atoms with E-state index >= 15 is 0 Å². The number of nitrogens with one attached hydrogen (secondary N) is 1. The Kier molecular flexibility index (Phi) is 6.44. The largest absolute Gasteiger partial charge is 0.318 e. The van der Waals surface area contributed by atoms with E-state index in [1.54, 1.807) is 18.3 Å². The summed E-state index contributed by atoms with van der Waals surface area (Å²) in [6.07, 6.45) is 5.31. The lowest BCUT2D eigenvalue weighted by atomic mass is 10.1. The molecule has 0 saturated carbocycles. The molecule has 0 amide bonds. The van der Waals surface area contributed by atoms with Crippen LogP contribution in [0.15, 0.2) is 59.7 Å². The molecule has 150 valence electrons. The van der Waals surface area contributed by atoms with Gasteiger partial charge in [0.25, 0.3) is 5.69 Å². The minimum Gasteiger partial charge on any atom is -0.318 e. The van der Waals surface area contributed by atoms with Crippen LogP contribution in [-0.4, -0.2) is 15.7 Å². The summed E-state index contributed by atoms with van der Waals surface area (Å²) in [6.45, 7) is 6.37. The summed E-state index contributed by atoms with van der Waals surface area (Å²) >= 11 is 0. The molecule has 3 aromatic rings. The van der Waals surface area contributed by atoms with Crippen LogP contribution < -0.4 is 5.43 Å². The van der Waals surface area contributed by atoms with Gasteiger partial charge in [-0.2, -0.15) is 5.10 Å². The van der Waals surface area contributed by atoms with Crippen LogP contribution in [0.1, 0.15) is 42.3 Å². The Morgan fingerprint density at radius 2 is 1.79 bits per heavy atom. The quantitative estimate of drug-likeness (QED) is 0.300. The topological polar surface area (TPSA) is 72.5 Å². The van der Waals surface area contributed by atoms with Crippen molar-refractivity contribution in [3.8, 4) is 5.69 Å². The Labute approximate surface area is 171 Å². The van der Waals surface area contributed by atoms with Gasteiger partial charge in [-0.15, -0.1) is 0 Å². The summed E-state index contributed by atoms with van der Waals surface area (Å²) in [5.74, 6) is 0. The molecule has 6 nitrogen and oxygen atoms in total. The molecule has 1 aromatic heterocycles. The first kappa shape index (κ1) is 20.3. The van der Waals surface area contributed by atoms with Crippen molar-refractivity contribution in [1.82, 2.24) is 4.57 Å². The molecule has 0 saturated heterocycles. The number of aromatic nitrogens is 1. The molecular weight excluding hydrogens is 364 g/mol. The van der Waals surface area contributed by atoms with E-state index < -0.39 is 4.92 Å². The molecular formula is C23H26N4O2. The zero-order valence-corrected chi connectivity index (χ0v) is 17.1. The van der Waals surface area contributed by atoms with Crippen molar-refractivity contribution < 1.29 is 4.92 Å². The van der Waals surface area contributed by atoms with Crippen molar-refractivity contribution in [2.75, 3.05) is 5.43 Å². The Hall–Kier alpha value is -3.41. The third kappa shape index (κ3) is 4.90. The maximum absolute atomic E-state index is 10.7. The van der Waals surface area contributed by atoms with Gasteiger partial charge >= 0.3 is 0 Å². The Bertz CT molecular complexity index is 1000. The lowest BCUT2D eigenvalue weighted by Gasteiger charge is -2.10. The minimum atomic E-state index is -0.418. The highest BCUT2D eigenvalue weighted by molar-refractivity contribution is 5.82. The highest BCUT2D eigenvalue weighted by Crippen LogP contribution is 2.21. The summed E-state index contributed by atoms with van der Waals surface area (Å²) in [5, 5.41) is 15.0. The molecule has 29 heavy (non-hydrogen) atoms. The number of hydrogen-bond acceptors (Lipinski definition) is 4. The van der Waals surface area contributed by atoms with Crippen molar-refractivity contribution in [1.29, 1.82) is 0 Å². The average Bonchev–Trinajstić information content (AvgIpc) is 3.00. The molecule has 2 aromatic carbocycles. The first-order valence-electron chi connectivity index (χ1n) is 9.81. The van der Waals surface area contributed by atoms with Crippen molar-refractivity contribution in [2.45, 2.75) is 40.0 Å². The third-order valence-corrected chi connectivity index (χ3v) is 4.96. The molecule has 0 atom stereocenters. The summed E-state index contributed by atoms with van der Waals surface area (Å²) in [7, 11) is 0. The lowest BCUT2D eigenvalue weighted by molar-refractivity contribution is -0.384. The third-order valence-electron chi connectivity index (χ3n) is 4.96. The minimum absolute atomic E-state index is 0.0591. The van der Waals surface area contributed by atoms with E-state index in [1.807, 2.05) is 0 Å². The fourth-order valence-corrected chi connectivity index (χ4v) is 3.34. The highest BCUT2D eigenvalue weighted by atomic mass is 16.6. The molecule has 3 rings (SSSR count). The molecule has 0 aliphatic carbocycles. The summed E-state index contributed by atoms with van der Waals surface area (Å²) in [4.78, 5) is 10.3. The van der Waals surface area contributed by atoms with Gasteiger partial charge in [0.05, 0.1) is 16.8 Å². The van der Waals surface area contributed by atoms with Crippen LogP contribution in [0.5, 0.6) is 0 Å². The zero-order chi connectivity index (χ0) is 20.8. The van der Waals surface area contributed by atoms with Crippen molar-refractivity contribution in [2.24, 2.45) is 5.10 Å². The van der Waals surface area contributed by atoms with E-state index in [0.717, 1.165) is 29.1 Å². The summed E-state index contributed by atoms with van der Waals surface area (Å²) in [5.41, 5.74) is 9.45. The number of unbranched alkanes of at least 4 members (excludes halogenated alkanes) is 1. The van der Waals surface area contributed by atoms with Crippen molar-refractivity contribution in [3.05, 3.63) is 87.2 Å². The summed E-state index contributed by atoms with van der Waals surface area (Å²) in [6, 6.07) is 17.0. The van der Waals surface area contributed by atoms with Crippen LogP contribution >= 0.6 is 0 Å². The first-order chi connectivity index (χ1) is 14.0. The van der Waals surface area contributed by atoms with E-state index in [2.05, 4.69) is 66.2 Å². The fraction of sp³-hybridized carbons (Fsp3) is 0.261. The standard InChI is InChI=1S/C23H26N4O2/c1-4-5-6-19-7-11-22(12-8-19)26-17(2)15-20(18(26)3)16-24-25-21-9-13-23(14-10-21)27(28)29/h7-16,25H,4-6H2,1-3H3/b24-16+. The van der Waals surface area contributed by atoms with E-state index in [-0.39, 0.29) is 5.69 Å². The van der Waals surface area contributed by atoms with Gasteiger partial charge in [-0.25, -0.2) is 0 Å². The second kappa shape index (κ2) is 9.19. The van der Waals surface area contributed by atoms with Crippen LogP contribution in [0.4, 0.5) is 11.4 Å². The van der Waals surface area contributed by atoms with E-state index in [1.165, 1.54) is 30.5 Å². The number of non-ortho nitro benzene ring substituents is 1. The second-order valence-electron chi connectivity index (χ2n) is 7.11. The predicted octanol–water partition coefficient (Wildman–Crippen LogP) is 5.79. The molecule has 6 heteroatoms. The molecule has 0 radical (unpaired) electrons. The summed E-state index contributed by atoms with van der Waals surface area (Å²) < 4.78 is 2.22. The molecule has 0 aliphatic rings. The Balaban J connectivity index is 1.73. The van der Waals surface area contributed by atoms with Gasteiger partial charge in [-0.1, -0.05) is 25.5 Å². The Morgan fingerprint density at radius 3 is 2.41 bits per heavy atom. The van der Waals surface area contributed by atoms with Crippen LogP contribution in [0.3, 0.4) is 0 Å². The number of nitro benzene ring substituents is 1. The van der Waals surface area contributed by atoms with E-state index in [4.69, 9.17) is 0 Å². The number of anilines is 1. The van der Waals surface area contributed by atoms with Crippen LogP contribution in [0, 0.1) is 24.0 Å². The average molecular weight is 390 g/mol. The molecule has 1 N–H and O–H groups in total. The van der Waals surface area contributed by atoms with Crippen LogP contribution in [0.2, 0.25) is 0 Å². The number of rotatable bonds is 8. The number of nitrogens with zero attached hydrogens (tertiary/aromatic N) is 3. The monoisotopic (exact) mass is 390 g/mol. The Morgan fingerprint density at radius 1 is 1.10 bits per heavy atom. The first-order valence-corrected chi connectivity index (χ1v) is 9.81. The van der Waals surface area contributed by atoms with Gasteiger partial charge in [0.1, 0.15) is 0 Å². The predicted molar refractivity (Wildman–Crippen MR) is 118 cm³/mol. The molecule has 0 spiro atoms. The maximum atomic E-state index is 10.7. The van der Waals surface area contributed by atoms with Gasteiger partial charge in [-0.3, -0.25) is 15.5 Å². The van der Waals surface area contributed by atoms with Gasteiger partial charge < -0.3 is 4.57 Å². The van der Waals surface area contributed by atoms with Gasteiger partial charge in [-0.05, 0) is 62.6 Å². The van der Waals surface area contributed by atoms with E-state index in [9.17, 15) is 10.1 Å². The number of benzene rings is 2. The normalized spacial score (nSPS) is 11.1. The maximum Gasteiger partial charge on any atom is 0.269 e. The molecule has 0 aliphatic heterocycles. The van der Waals surface area contributed by atoms with Gasteiger partial charge in [0, 0.05) is 34.8 Å². The fourth-order valence-electron chi connectivity index (χ4n) is 3.34. The van der Waals surface area contributed by atoms with Gasteiger partial charge in [0.2, 0.25) is 0 Å². The zero-order valence-electron chi connectivity index (χ0n) is 17.1. The van der Waals surface area contributed by atoms with Crippen LogP contribution in [-0.2, 0) is 6.42 Å². The molecule has 0 unspecified atom stereocenters. The number of nitro groups is 1. The molecule has 0 fully saturated rings. The SMILES string of the molecule is CCCCc1ccc(-n2c(C)cc(/C=N/Nc3ccc([N+](=O)[O-])cc3)c2C)cc1. The van der Waals surface area contributed by atoms with Crippen molar-refractivity contribution in [3.63, 3.8) is 0 Å². The number of hydrazone groups is 1. The lowest BCUT2D eigenvalue weighted by Crippen LogP contribution is -2.00.